The first-order valence-corrected chi connectivity index (χ1v) is 1.76. The molecule has 0 unspecified atom stereocenters. The highest BCUT2D eigenvalue weighted by Gasteiger charge is 2.05. The molecule has 46 valence electrons. The number of carbonyl (C=O) groups excluding carboxylic acids is 1. The maximum absolute atomic E-state index is 11.5. The molecule has 0 aliphatic carbocycles. The van der Waals surface area contributed by atoms with Crippen LogP contribution in [0.2, 0.25) is 0 Å². The van der Waals surface area contributed by atoms with Gasteiger partial charge in [0.2, 0.25) is 5.83 Å². The standard InChI is InChI=1S/C4H4F2O2/c1-8-4(7)3(6)2-5/h2H,1H3/b3-2-. The van der Waals surface area contributed by atoms with Gasteiger partial charge in [-0.15, -0.1) is 0 Å². The van der Waals surface area contributed by atoms with Gasteiger partial charge in [-0.2, -0.15) is 4.39 Å². The number of esters is 1. The first kappa shape index (κ1) is 7.07. The van der Waals surface area contributed by atoms with Gasteiger partial charge in [-0.1, -0.05) is 0 Å². The van der Waals surface area contributed by atoms with Crippen molar-refractivity contribution in [1.29, 1.82) is 0 Å². The lowest BCUT2D eigenvalue weighted by Crippen LogP contribution is -1.98. The van der Waals surface area contributed by atoms with Crippen molar-refractivity contribution in [2.24, 2.45) is 0 Å². The van der Waals surface area contributed by atoms with Crippen molar-refractivity contribution in [3.63, 3.8) is 0 Å². The normalized spacial score (nSPS) is 11.1. The Labute approximate surface area is 44.8 Å². The largest absolute Gasteiger partial charge is 0.464 e. The van der Waals surface area contributed by atoms with Gasteiger partial charge in [0.1, 0.15) is 6.33 Å². The second-order valence-corrected chi connectivity index (χ2v) is 0.949. The summed E-state index contributed by atoms with van der Waals surface area (Å²) in [6, 6.07) is 0. The van der Waals surface area contributed by atoms with Crippen LogP contribution in [0.1, 0.15) is 0 Å². The maximum atomic E-state index is 11.5. The number of ether oxygens (including phenoxy) is 1. The highest BCUT2D eigenvalue weighted by atomic mass is 19.2. The second-order valence-electron chi connectivity index (χ2n) is 0.949. The molecule has 0 bridgehead atoms. The summed E-state index contributed by atoms with van der Waals surface area (Å²) < 4.78 is 26.3. The zero-order chi connectivity index (χ0) is 6.57. The molecular weight excluding hydrogens is 118 g/mol. The van der Waals surface area contributed by atoms with Crippen LogP contribution in [0.15, 0.2) is 12.2 Å². The number of halogens is 2. The molecule has 0 aromatic heterocycles. The molecule has 0 aliphatic rings. The molecule has 0 atom stereocenters. The third kappa shape index (κ3) is 1.68. The molecule has 0 amide bonds. The lowest BCUT2D eigenvalue weighted by molar-refractivity contribution is -0.137. The van der Waals surface area contributed by atoms with Gasteiger partial charge in [-0.25, -0.2) is 9.18 Å². The lowest BCUT2D eigenvalue weighted by atomic mass is 10.6. The van der Waals surface area contributed by atoms with E-state index in [0.29, 0.717) is 0 Å². The molecule has 0 aromatic rings. The van der Waals surface area contributed by atoms with Gasteiger partial charge in [-0.05, 0) is 0 Å². The molecule has 0 radical (unpaired) electrons. The van der Waals surface area contributed by atoms with Crippen molar-refractivity contribution in [3.8, 4) is 0 Å². The average molecular weight is 122 g/mol. The molecule has 0 rings (SSSR count). The summed E-state index contributed by atoms with van der Waals surface area (Å²) in [7, 11) is 0.964. The van der Waals surface area contributed by atoms with Crippen LogP contribution in [0, 0.1) is 0 Å². The van der Waals surface area contributed by atoms with Crippen LogP contribution in [0.4, 0.5) is 8.78 Å². The Morgan fingerprint density at radius 1 is 1.75 bits per heavy atom. The summed E-state index contributed by atoms with van der Waals surface area (Å²) in [6.07, 6.45) is -0.453. The van der Waals surface area contributed by atoms with E-state index in [1.165, 1.54) is 0 Å². The Morgan fingerprint density at radius 3 is 2.38 bits per heavy atom. The molecule has 8 heavy (non-hydrogen) atoms. The Balaban J connectivity index is 3.83. The number of hydrogen-bond donors (Lipinski definition) is 0. The monoisotopic (exact) mass is 122 g/mol. The van der Waals surface area contributed by atoms with Gasteiger partial charge in [0.25, 0.3) is 0 Å². The summed E-state index contributed by atoms with van der Waals surface area (Å²) in [6.45, 7) is 0. The fourth-order valence-corrected chi connectivity index (χ4v) is 0.142. The Bertz CT molecular complexity index is 119. The Kier molecular flexibility index (Phi) is 2.76. The van der Waals surface area contributed by atoms with E-state index in [0.717, 1.165) is 7.11 Å². The summed E-state index contributed by atoms with van der Waals surface area (Å²) >= 11 is 0. The van der Waals surface area contributed by atoms with Gasteiger partial charge < -0.3 is 4.74 Å². The Morgan fingerprint density at radius 2 is 2.25 bits per heavy atom. The minimum absolute atomic E-state index is 0.453. The predicted molar refractivity (Wildman–Crippen MR) is 22.3 cm³/mol. The van der Waals surface area contributed by atoms with Crippen LogP contribution in [0.25, 0.3) is 0 Å². The van der Waals surface area contributed by atoms with Crippen molar-refractivity contribution in [2.75, 3.05) is 7.11 Å². The first-order chi connectivity index (χ1) is 3.72. The summed E-state index contributed by atoms with van der Waals surface area (Å²) in [5, 5.41) is 0. The number of hydrogen-bond acceptors (Lipinski definition) is 2. The molecule has 0 fully saturated rings. The molecular formula is C4H4F2O2. The summed E-state index contributed by atoms with van der Waals surface area (Å²) in [5.74, 6) is -2.82. The molecule has 4 heteroatoms. The van der Waals surface area contributed by atoms with E-state index in [-0.39, 0.29) is 0 Å². The van der Waals surface area contributed by atoms with Gasteiger partial charge in [0.05, 0.1) is 7.11 Å². The minimum atomic E-state index is -1.52. The minimum Gasteiger partial charge on any atom is -0.464 e. The third-order valence-corrected chi connectivity index (χ3v) is 0.476. The molecule has 0 aliphatic heterocycles. The van der Waals surface area contributed by atoms with Crippen molar-refractivity contribution < 1.29 is 18.3 Å². The topological polar surface area (TPSA) is 26.3 Å². The molecule has 0 heterocycles. The average Bonchev–Trinajstić information content (AvgIpc) is 1.84. The number of methoxy groups -OCH3 is 1. The van der Waals surface area contributed by atoms with E-state index in [9.17, 15) is 13.6 Å². The smallest absolute Gasteiger partial charge is 0.369 e. The van der Waals surface area contributed by atoms with Gasteiger partial charge >= 0.3 is 5.97 Å². The molecule has 0 saturated carbocycles. The van der Waals surface area contributed by atoms with Gasteiger partial charge in [-0.3, -0.25) is 0 Å². The van der Waals surface area contributed by atoms with Crippen LogP contribution in [0.5, 0.6) is 0 Å². The maximum Gasteiger partial charge on any atom is 0.369 e. The van der Waals surface area contributed by atoms with Crippen molar-refractivity contribution in [3.05, 3.63) is 12.2 Å². The second kappa shape index (κ2) is 3.12. The Hall–Kier alpha value is -0.930. The van der Waals surface area contributed by atoms with Gasteiger partial charge in [0.15, 0.2) is 0 Å². The van der Waals surface area contributed by atoms with Crippen LogP contribution >= 0.6 is 0 Å². The van der Waals surface area contributed by atoms with E-state index in [2.05, 4.69) is 4.74 Å². The highest BCUT2D eigenvalue weighted by Crippen LogP contribution is 1.97. The molecule has 2 nitrogen and oxygen atoms in total. The molecule has 0 spiro atoms. The predicted octanol–water partition coefficient (Wildman–Crippen LogP) is 0.940. The van der Waals surface area contributed by atoms with Crippen LogP contribution in [-0.2, 0) is 9.53 Å². The van der Waals surface area contributed by atoms with E-state index in [4.69, 9.17) is 0 Å². The van der Waals surface area contributed by atoms with Crippen molar-refractivity contribution >= 4 is 5.97 Å². The van der Waals surface area contributed by atoms with E-state index >= 15 is 0 Å². The quantitative estimate of drug-likeness (QED) is 0.382. The number of carbonyl (C=O) groups is 1. The molecule has 0 N–H and O–H groups in total. The van der Waals surface area contributed by atoms with E-state index < -0.39 is 18.1 Å². The SMILES string of the molecule is COC(=O)/C(F)=C/F. The van der Waals surface area contributed by atoms with E-state index in [1.54, 1.807) is 0 Å². The first-order valence-electron chi connectivity index (χ1n) is 1.76. The molecule has 0 saturated heterocycles. The third-order valence-electron chi connectivity index (χ3n) is 0.476. The fraction of sp³-hybridized carbons (Fsp3) is 0.250. The highest BCUT2D eigenvalue weighted by molar-refractivity contribution is 5.85. The van der Waals surface area contributed by atoms with Crippen molar-refractivity contribution in [1.82, 2.24) is 0 Å². The summed E-state index contributed by atoms with van der Waals surface area (Å²) in [5.41, 5.74) is 0. The summed E-state index contributed by atoms with van der Waals surface area (Å²) in [4.78, 5) is 9.84. The van der Waals surface area contributed by atoms with Crippen LogP contribution in [0.3, 0.4) is 0 Å². The molecule has 0 aromatic carbocycles. The van der Waals surface area contributed by atoms with Gasteiger partial charge in [0, 0.05) is 0 Å². The van der Waals surface area contributed by atoms with E-state index in [1.807, 2.05) is 0 Å². The van der Waals surface area contributed by atoms with Crippen LogP contribution in [-0.4, -0.2) is 13.1 Å². The lowest BCUT2D eigenvalue weighted by Gasteiger charge is -1.88. The van der Waals surface area contributed by atoms with Crippen molar-refractivity contribution in [2.45, 2.75) is 0 Å². The van der Waals surface area contributed by atoms with Crippen LogP contribution < -0.4 is 0 Å². The zero-order valence-electron chi connectivity index (χ0n) is 4.15. The fourth-order valence-electron chi connectivity index (χ4n) is 0.142. The zero-order valence-corrected chi connectivity index (χ0v) is 4.15. The number of rotatable bonds is 1.